The first kappa shape index (κ1) is 15.6. The van der Waals surface area contributed by atoms with Crippen molar-refractivity contribution >= 4 is 38.2 Å². The molecule has 0 radical (unpaired) electrons. The third-order valence-corrected chi connectivity index (χ3v) is 5.78. The lowest BCUT2D eigenvalue weighted by Gasteiger charge is -2.07. The van der Waals surface area contributed by atoms with Gasteiger partial charge in [0.2, 0.25) is 0 Å². The zero-order valence-electron chi connectivity index (χ0n) is 15.8. The second kappa shape index (κ2) is 5.61. The van der Waals surface area contributed by atoms with E-state index in [1.165, 1.54) is 16.2 Å². The maximum Gasteiger partial charge on any atom is 0.159 e. The van der Waals surface area contributed by atoms with Crippen LogP contribution in [0.1, 0.15) is 0 Å². The van der Waals surface area contributed by atoms with Crippen LogP contribution in [0.2, 0.25) is 0 Å². The largest absolute Gasteiger partial charge is 0.306 e. The van der Waals surface area contributed by atoms with Gasteiger partial charge in [0, 0.05) is 34.1 Å². The van der Waals surface area contributed by atoms with Crippen molar-refractivity contribution in [3.8, 4) is 17.1 Å². The minimum Gasteiger partial charge on any atom is -0.306 e. The molecular weight excluding hydrogens is 372 g/mol. The van der Waals surface area contributed by atoms with Crippen molar-refractivity contribution in [1.82, 2.24) is 29.1 Å². The summed E-state index contributed by atoms with van der Waals surface area (Å²) in [5.74, 6) is 0.688. The summed E-state index contributed by atoms with van der Waals surface area (Å²) in [6.07, 6.45) is 9.14. The molecule has 6 nitrogen and oxygen atoms in total. The molecule has 0 N–H and O–H groups in total. The Morgan fingerprint density at radius 2 is 1.37 bits per heavy atom. The second-order valence-electron chi connectivity index (χ2n) is 7.34. The molecule has 0 aliphatic rings. The van der Waals surface area contributed by atoms with Crippen LogP contribution in [0.5, 0.6) is 0 Å². The smallest absolute Gasteiger partial charge is 0.159 e. The molecule has 6 heteroatoms. The van der Waals surface area contributed by atoms with Gasteiger partial charge in [-0.15, -0.1) is 0 Å². The van der Waals surface area contributed by atoms with Gasteiger partial charge in [-0.05, 0) is 36.4 Å². The van der Waals surface area contributed by atoms with Crippen LogP contribution < -0.4 is 0 Å². The Morgan fingerprint density at radius 3 is 2.20 bits per heavy atom. The fourth-order valence-electron chi connectivity index (χ4n) is 4.54. The summed E-state index contributed by atoms with van der Waals surface area (Å²) in [7, 11) is 0. The summed E-state index contributed by atoms with van der Waals surface area (Å²) in [4.78, 5) is 13.3. The van der Waals surface area contributed by atoms with Crippen molar-refractivity contribution in [1.29, 1.82) is 0 Å². The van der Waals surface area contributed by atoms with Gasteiger partial charge in [-0.2, -0.15) is 5.10 Å². The summed E-state index contributed by atoms with van der Waals surface area (Å²) in [6, 6.07) is 18.7. The number of rotatable bonds is 2. The molecule has 0 saturated carbocycles. The van der Waals surface area contributed by atoms with E-state index in [0.29, 0.717) is 5.82 Å². The van der Waals surface area contributed by atoms with Crippen LogP contribution >= 0.6 is 0 Å². The molecule has 5 heterocycles. The highest BCUT2D eigenvalue weighted by molar-refractivity contribution is 6.26. The van der Waals surface area contributed by atoms with Crippen molar-refractivity contribution in [2.45, 2.75) is 0 Å². The van der Waals surface area contributed by atoms with Crippen molar-refractivity contribution in [2.75, 3.05) is 0 Å². The number of benzene rings is 2. The van der Waals surface area contributed by atoms with Crippen molar-refractivity contribution in [2.24, 2.45) is 0 Å². The highest BCUT2D eigenvalue weighted by Gasteiger charge is 2.20. The molecule has 140 valence electrons. The number of nitrogens with zero attached hydrogens (tertiary/aromatic N) is 6. The second-order valence-corrected chi connectivity index (χ2v) is 7.34. The normalized spacial score (nSPS) is 12.0. The molecule has 7 rings (SSSR count). The summed E-state index contributed by atoms with van der Waals surface area (Å²) in [6.45, 7) is 0. The standard InChI is InChI=1S/C24H14N6/c1-3-17-18-9-12-28-30(18)21-6-2-5-20-23(21)22(17)19(4-1)29(20)16-13-26-24(27-14-16)15-7-10-25-11-8-15/h1-14H. The van der Waals surface area contributed by atoms with Crippen LogP contribution in [-0.4, -0.2) is 29.1 Å². The average molecular weight is 386 g/mol. The number of fused-ring (bicyclic) bond motifs is 3. The first-order chi connectivity index (χ1) is 14.9. The van der Waals surface area contributed by atoms with Crippen molar-refractivity contribution < 1.29 is 0 Å². The highest BCUT2D eigenvalue weighted by Crippen LogP contribution is 2.40. The number of hydrogen-bond acceptors (Lipinski definition) is 4. The Hall–Kier alpha value is -4.32. The average Bonchev–Trinajstić information content (AvgIpc) is 3.43. The first-order valence-electron chi connectivity index (χ1n) is 9.74. The molecule has 0 amide bonds. The molecule has 7 aromatic rings. The topological polar surface area (TPSA) is 60.9 Å². The van der Waals surface area contributed by atoms with E-state index in [4.69, 9.17) is 0 Å². The van der Waals surface area contributed by atoms with Gasteiger partial charge in [0.25, 0.3) is 0 Å². The number of aromatic nitrogens is 6. The van der Waals surface area contributed by atoms with Crippen LogP contribution in [0.3, 0.4) is 0 Å². The molecule has 0 aliphatic carbocycles. The molecule has 0 atom stereocenters. The fraction of sp³-hybridized carbons (Fsp3) is 0. The van der Waals surface area contributed by atoms with Gasteiger partial charge in [0.05, 0.1) is 46.3 Å². The van der Waals surface area contributed by atoms with Gasteiger partial charge in [-0.25, -0.2) is 14.5 Å². The van der Waals surface area contributed by atoms with Crippen LogP contribution in [0.4, 0.5) is 0 Å². The Labute approximate surface area is 170 Å². The predicted octanol–water partition coefficient (Wildman–Crippen LogP) is 4.87. The van der Waals surface area contributed by atoms with E-state index < -0.39 is 0 Å². The van der Waals surface area contributed by atoms with Gasteiger partial charge in [0.15, 0.2) is 5.82 Å². The zero-order chi connectivity index (χ0) is 19.7. The Bertz CT molecular complexity index is 1590. The van der Waals surface area contributed by atoms with E-state index in [-0.39, 0.29) is 0 Å². The molecule has 0 spiro atoms. The van der Waals surface area contributed by atoms with Gasteiger partial charge < -0.3 is 4.57 Å². The minimum atomic E-state index is 0.688. The molecule has 0 fully saturated rings. The van der Waals surface area contributed by atoms with E-state index in [0.717, 1.165) is 33.3 Å². The minimum absolute atomic E-state index is 0.688. The summed E-state index contributed by atoms with van der Waals surface area (Å²) < 4.78 is 4.26. The molecule has 0 aliphatic heterocycles. The van der Waals surface area contributed by atoms with E-state index in [2.05, 4.69) is 67.1 Å². The summed E-state index contributed by atoms with van der Waals surface area (Å²) in [5.41, 5.74) is 6.36. The molecule has 30 heavy (non-hydrogen) atoms. The highest BCUT2D eigenvalue weighted by atomic mass is 15.2. The molecule has 0 unspecified atom stereocenters. The van der Waals surface area contributed by atoms with Gasteiger partial charge in [-0.1, -0.05) is 18.2 Å². The van der Waals surface area contributed by atoms with Crippen molar-refractivity contribution in [3.05, 3.63) is 85.6 Å². The summed E-state index contributed by atoms with van der Waals surface area (Å²) >= 11 is 0. The van der Waals surface area contributed by atoms with Crippen LogP contribution in [-0.2, 0) is 0 Å². The van der Waals surface area contributed by atoms with E-state index in [1.54, 1.807) is 12.4 Å². The van der Waals surface area contributed by atoms with Gasteiger partial charge in [-0.3, -0.25) is 4.98 Å². The lowest BCUT2D eigenvalue weighted by Crippen LogP contribution is -1.97. The Kier molecular flexibility index (Phi) is 2.91. The monoisotopic (exact) mass is 386 g/mol. The molecule has 0 saturated heterocycles. The van der Waals surface area contributed by atoms with Crippen LogP contribution in [0, 0.1) is 0 Å². The number of hydrogen-bond donors (Lipinski definition) is 0. The fourth-order valence-corrected chi connectivity index (χ4v) is 4.54. The number of pyridine rings is 2. The molecule has 2 aromatic carbocycles. The Balaban J connectivity index is 1.57. The van der Waals surface area contributed by atoms with Gasteiger partial charge >= 0.3 is 0 Å². The zero-order valence-corrected chi connectivity index (χ0v) is 15.8. The van der Waals surface area contributed by atoms with Crippen LogP contribution in [0.25, 0.3) is 55.3 Å². The van der Waals surface area contributed by atoms with E-state index in [9.17, 15) is 0 Å². The van der Waals surface area contributed by atoms with Gasteiger partial charge in [0.1, 0.15) is 0 Å². The third kappa shape index (κ3) is 1.92. The van der Waals surface area contributed by atoms with Crippen LogP contribution in [0.15, 0.2) is 85.6 Å². The lowest BCUT2D eigenvalue weighted by molar-refractivity contribution is 1.01. The molecule has 0 bridgehead atoms. The maximum absolute atomic E-state index is 4.63. The SMILES string of the molecule is c1cc2c3c4c(cccc4n4nccc24)n(-c2cnc(-c4ccncc4)nc2)c3c1. The van der Waals surface area contributed by atoms with E-state index >= 15 is 0 Å². The summed E-state index contributed by atoms with van der Waals surface area (Å²) in [5, 5.41) is 8.22. The third-order valence-electron chi connectivity index (χ3n) is 5.78. The lowest BCUT2D eigenvalue weighted by atomic mass is 10.1. The molecular formula is C24H14N6. The quantitative estimate of drug-likeness (QED) is 0.398. The maximum atomic E-state index is 4.63. The Morgan fingerprint density at radius 1 is 0.633 bits per heavy atom. The van der Waals surface area contributed by atoms with Crippen molar-refractivity contribution in [3.63, 3.8) is 0 Å². The van der Waals surface area contributed by atoms with E-state index in [1.807, 2.05) is 35.2 Å². The molecule has 5 aromatic heterocycles. The first-order valence-corrected chi connectivity index (χ1v) is 9.74. The predicted molar refractivity (Wildman–Crippen MR) is 117 cm³/mol.